The van der Waals surface area contributed by atoms with Crippen LogP contribution >= 0.6 is 0 Å². The van der Waals surface area contributed by atoms with Gasteiger partial charge in [0.05, 0.1) is 11.1 Å². The van der Waals surface area contributed by atoms with E-state index in [2.05, 4.69) is 0 Å². The van der Waals surface area contributed by atoms with E-state index in [0.717, 1.165) is 18.2 Å². The number of isocyanates is 2. The first kappa shape index (κ1) is 19.9. The van der Waals surface area contributed by atoms with E-state index >= 15 is 0 Å². The van der Waals surface area contributed by atoms with Crippen molar-refractivity contribution in [3.05, 3.63) is 35.4 Å². The minimum Gasteiger partial charge on any atom is -0.222 e. The number of alkyl halides is 6. The summed E-state index contributed by atoms with van der Waals surface area (Å²) in [6.45, 7) is 0. The van der Waals surface area contributed by atoms with Crippen LogP contribution in [0.15, 0.2) is 24.3 Å². The van der Waals surface area contributed by atoms with Crippen LogP contribution in [0.3, 0.4) is 0 Å². The average Bonchev–Trinajstić information content (AvgIpc) is 2.29. The molecule has 0 aliphatic heterocycles. The molecule has 0 heterocycles. The number of benzene rings is 1. The Kier molecular flexibility index (Phi) is 8.58. The third kappa shape index (κ3) is 8.62. The molecule has 4 nitrogen and oxygen atoms in total. The molecule has 0 spiro atoms. The van der Waals surface area contributed by atoms with Crippen molar-refractivity contribution >= 4 is 12.2 Å². The molecule has 0 saturated heterocycles. The van der Waals surface area contributed by atoms with Gasteiger partial charge in [-0.2, -0.15) is 26.3 Å². The molecule has 1 rings (SSSR count). The normalized spacial score (nSPS) is 9.90. The summed E-state index contributed by atoms with van der Waals surface area (Å²) in [7, 11) is 0. The van der Waals surface area contributed by atoms with E-state index in [1.165, 1.54) is 0 Å². The summed E-state index contributed by atoms with van der Waals surface area (Å²) in [5.74, 6) is 0. The Labute approximate surface area is 108 Å². The molecule has 20 heavy (non-hydrogen) atoms. The fraction of sp³-hybridized carbons (Fsp3) is 0.200. The van der Waals surface area contributed by atoms with Gasteiger partial charge in [0.2, 0.25) is 12.2 Å². The molecular weight excluding hydrogens is 294 g/mol. The maximum atomic E-state index is 12.0. The summed E-state index contributed by atoms with van der Waals surface area (Å²) in [6, 6.07) is 2.00. The fourth-order valence-electron chi connectivity index (χ4n) is 0.872. The van der Waals surface area contributed by atoms with E-state index in [-0.39, 0.29) is 6.07 Å². The number of nitrogens with one attached hydrogen (secondary N) is 2. The van der Waals surface area contributed by atoms with E-state index in [1.54, 1.807) is 0 Å². The highest BCUT2D eigenvalue weighted by molar-refractivity contribution is 5.27. The quantitative estimate of drug-likeness (QED) is 0.436. The second-order valence-corrected chi connectivity index (χ2v) is 2.78. The van der Waals surface area contributed by atoms with Gasteiger partial charge in [-0.05, 0) is 18.2 Å². The van der Waals surface area contributed by atoms with Gasteiger partial charge in [-0.15, -0.1) is 0 Å². The van der Waals surface area contributed by atoms with Gasteiger partial charge in [0.15, 0.2) is 0 Å². The molecule has 1 aromatic rings. The van der Waals surface area contributed by atoms with Crippen LogP contribution in [0.1, 0.15) is 11.1 Å². The Hall–Kier alpha value is -2.44. The van der Waals surface area contributed by atoms with Crippen molar-refractivity contribution in [3.63, 3.8) is 0 Å². The Morgan fingerprint density at radius 3 is 1.25 bits per heavy atom. The topological polar surface area (TPSA) is 81.8 Å². The molecule has 110 valence electrons. The molecule has 0 aliphatic carbocycles. The molecule has 0 amide bonds. The molecule has 0 aromatic heterocycles. The van der Waals surface area contributed by atoms with Crippen LogP contribution in [-0.4, -0.2) is 12.2 Å². The Morgan fingerprint density at radius 1 is 0.800 bits per heavy atom. The largest absolute Gasteiger partial charge is 0.416 e. The summed E-state index contributed by atoms with van der Waals surface area (Å²) in [5.41, 5.74) is -2.60. The van der Waals surface area contributed by atoms with Gasteiger partial charge in [0.1, 0.15) is 0 Å². The van der Waals surface area contributed by atoms with Gasteiger partial charge in [-0.1, -0.05) is 6.07 Å². The molecule has 0 atom stereocenters. The molecular formula is C10H6F6N2O2. The Balaban J connectivity index is 0. The highest BCUT2D eigenvalue weighted by Gasteiger charge is 2.35. The van der Waals surface area contributed by atoms with E-state index in [9.17, 15) is 26.3 Å². The number of hydrogen-bond acceptors (Lipinski definition) is 4. The summed E-state index contributed by atoms with van der Waals surface area (Å²) in [4.78, 5) is 16.7. The van der Waals surface area contributed by atoms with E-state index < -0.39 is 23.5 Å². The summed E-state index contributed by atoms with van der Waals surface area (Å²) in [6.07, 6.45) is -8.00. The minimum atomic E-state index is -4.75. The SMILES string of the molecule is FC(F)(F)c1cccc(C(F)(F)F)c1.N=C=O.N=C=O. The third-order valence-corrected chi connectivity index (χ3v) is 1.52. The lowest BCUT2D eigenvalue weighted by Crippen LogP contribution is -2.09. The molecule has 0 aliphatic rings. The molecule has 0 radical (unpaired) electrons. The van der Waals surface area contributed by atoms with Crippen molar-refractivity contribution in [1.29, 1.82) is 10.8 Å². The predicted molar refractivity (Wildman–Crippen MR) is 53.3 cm³/mol. The van der Waals surface area contributed by atoms with Gasteiger partial charge in [0.25, 0.3) is 0 Å². The lowest BCUT2D eigenvalue weighted by Gasteiger charge is -2.10. The highest BCUT2D eigenvalue weighted by Crippen LogP contribution is 2.34. The number of halogens is 6. The van der Waals surface area contributed by atoms with E-state index in [1.807, 2.05) is 0 Å². The van der Waals surface area contributed by atoms with Crippen molar-refractivity contribution < 1.29 is 35.9 Å². The zero-order valence-corrected chi connectivity index (χ0v) is 9.39. The van der Waals surface area contributed by atoms with Crippen molar-refractivity contribution in [2.75, 3.05) is 0 Å². The van der Waals surface area contributed by atoms with Gasteiger partial charge in [0, 0.05) is 0 Å². The molecule has 2 N–H and O–H groups in total. The van der Waals surface area contributed by atoms with Crippen LogP contribution in [0.4, 0.5) is 26.3 Å². The van der Waals surface area contributed by atoms with Crippen molar-refractivity contribution in [2.45, 2.75) is 12.4 Å². The second-order valence-electron chi connectivity index (χ2n) is 2.78. The maximum Gasteiger partial charge on any atom is 0.416 e. The zero-order chi connectivity index (χ0) is 16.4. The van der Waals surface area contributed by atoms with E-state index in [0.29, 0.717) is 12.1 Å². The molecule has 0 bridgehead atoms. The molecule has 1 aromatic carbocycles. The molecule has 0 unspecified atom stereocenters. The molecule has 0 fully saturated rings. The lowest BCUT2D eigenvalue weighted by molar-refractivity contribution is -0.143. The average molecular weight is 300 g/mol. The van der Waals surface area contributed by atoms with Crippen LogP contribution < -0.4 is 0 Å². The summed E-state index contributed by atoms with van der Waals surface area (Å²) >= 11 is 0. The van der Waals surface area contributed by atoms with Crippen LogP contribution in [0.25, 0.3) is 0 Å². The Bertz CT molecular complexity index is 442. The highest BCUT2D eigenvalue weighted by atomic mass is 19.4. The van der Waals surface area contributed by atoms with Crippen molar-refractivity contribution in [3.8, 4) is 0 Å². The number of carbonyl (C=O) groups excluding carboxylic acids is 2. The van der Waals surface area contributed by atoms with Crippen LogP contribution in [0.5, 0.6) is 0 Å². The predicted octanol–water partition coefficient (Wildman–Crippen LogP) is 3.53. The van der Waals surface area contributed by atoms with Gasteiger partial charge in [-0.25, -0.2) is 20.4 Å². The maximum absolute atomic E-state index is 12.0. The third-order valence-electron chi connectivity index (χ3n) is 1.52. The first-order chi connectivity index (χ1) is 9.04. The zero-order valence-electron chi connectivity index (χ0n) is 9.39. The van der Waals surface area contributed by atoms with Crippen LogP contribution in [-0.2, 0) is 21.9 Å². The number of rotatable bonds is 0. The summed E-state index contributed by atoms with van der Waals surface area (Å²) in [5, 5.41) is 10.8. The van der Waals surface area contributed by atoms with Crippen molar-refractivity contribution in [2.24, 2.45) is 0 Å². The second kappa shape index (κ2) is 8.63. The standard InChI is InChI=1S/C8H4F6.2CHNO/c9-7(10,11)5-2-1-3-6(4-5)8(12,13)14;2*2-1-3/h1-4H;2*2H. The first-order valence-corrected chi connectivity index (χ1v) is 4.36. The van der Waals surface area contributed by atoms with Gasteiger partial charge < -0.3 is 0 Å². The van der Waals surface area contributed by atoms with Gasteiger partial charge >= 0.3 is 12.4 Å². The minimum absolute atomic E-state index is 0.0833. The smallest absolute Gasteiger partial charge is 0.222 e. The lowest BCUT2D eigenvalue weighted by atomic mass is 10.1. The van der Waals surface area contributed by atoms with Crippen LogP contribution in [0, 0.1) is 10.8 Å². The van der Waals surface area contributed by atoms with Crippen LogP contribution in [0.2, 0.25) is 0 Å². The number of hydrogen-bond donors (Lipinski definition) is 2. The molecule has 0 saturated carbocycles. The first-order valence-electron chi connectivity index (χ1n) is 4.36. The van der Waals surface area contributed by atoms with Gasteiger partial charge in [-0.3, -0.25) is 0 Å². The Morgan fingerprint density at radius 2 is 1.05 bits per heavy atom. The molecule has 10 heteroatoms. The van der Waals surface area contributed by atoms with E-state index in [4.69, 9.17) is 20.4 Å². The van der Waals surface area contributed by atoms with Crippen molar-refractivity contribution in [1.82, 2.24) is 0 Å². The monoisotopic (exact) mass is 300 g/mol. The fourth-order valence-corrected chi connectivity index (χ4v) is 0.872. The summed E-state index contributed by atoms with van der Waals surface area (Å²) < 4.78 is 71.9.